The Labute approximate surface area is 143 Å². The summed E-state index contributed by atoms with van der Waals surface area (Å²) in [7, 11) is 0. The quantitative estimate of drug-likeness (QED) is 0.769. The minimum Gasteiger partial charge on any atom is -0.481 e. The van der Waals surface area contributed by atoms with Crippen LogP contribution in [0.1, 0.15) is 23.5 Å². The first-order valence-corrected chi connectivity index (χ1v) is 8.58. The molecule has 0 atom stereocenters. The van der Waals surface area contributed by atoms with Gasteiger partial charge in [-0.25, -0.2) is 4.98 Å². The topological polar surface area (TPSA) is 72.2 Å². The van der Waals surface area contributed by atoms with Crippen molar-refractivity contribution in [3.8, 4) is 11.1 Å². The lowest BCUT2D eigenvalue weighted by molar-refractivity contribution is -0.137. The van der Waals surface area contributed by atoms with Gasteiger partial charge in [-0.15, -0.1) is 11.3 Å². The highest BCUT2D eigenvalue weighted by atomic mass is 32.1. The molecule has 0 aliphatic rings. The molecule has 24 heavy (non-hydrogen) atoms. The fourth-order valence-corrected chi connectivity index (χ4v) is 3.98. The highest BCUT2D eigenvalue weighted by Gasteiger charge is 2.18. The van der Waals surface area contributed by atoms with Gasteiger partial charge in [-0.2, -0.15) is 0 Å². The summed E-state index contributed by atoms with van der Waals surface area (Å²) in [6.45, 7) is 4.15. The van der Waals surface area contributed by atoms with E-state index in [1.165, 1.54) is 11.3 Å². The molecule has 1 aromatic carbocycles. The van der Waals surface area contributed by atoms with Crippen LogP contribution < -0.4 is 5.56 Å². The van der Waals surface area contributed by atoms with E-state index in [1.807, 2.05) is 37.3 Å². The van der Waals surface area contributed by atoms with Crippen LogP contribution in [0.4, 0.5) is 0 Å². The van der Waals surface area contributed by atoms with Crippen LogP contribution in [0.5, 0.6) is 0 Å². The first kappa shape index (κ1) is 16.4. The van der Waals surface area contributed by atoms with Crippen LogP contribution in [0.2, 0.25) is 0 Å². The molecule has 0 bridgehead atoms. The number of nitrogens with zero attached hydrogens (tertiary/aromatic N) is 2. The van der Waals surface area contributed by atoms with Gasteiger partial charge in [-0.05, 0) is 25.8 Å². The second-order valence-electron chi connectivity index (χ2n) is 5.69. The van der Waals surface area contributed by atoms with E-state index in [2.05, 4.69) is 4.98 Å². The Morgan fingerprint density at radius 2 is 1.96 bits per heavy atom. The van der Waals surface area contributed by atoms with Gasteiger partial charge < -0.3 is 5.11 Å². The number of aromatic nitrogens is 2. The molecule has 2 heterocycles. The first-order chi connectivity index (χ1) is 11.5. The zero-order chi connectivity index (χ0) is 17.3. The average Bonchev–Trinajstić information content (AvgIpc) is 2.87. The molecular formula is C18H18N2O3S. The Bertz CT molecular complexity index is 958. The van der Waals surface area contributed by atoms with E-state index >= 15 is 0 Å². The second-order valence-corrected chi connectivity index (χ2v) is 6.90. The lowest BCUT2D eigenvalue weighted by atomic mass is 10.0. The molecule has 0 unspecified atom stereocenters. The third kappa shape index (κ3) is 2.97. The summed E-state index contributed by atoms with van der Waals surface area (Å²) < 4.78 is 1.59. The molecular weight excluding hydrogens is 324 g/mol. The number of thiophene rings is 1. The zero-order valence-corrected chi connectivity index (χ0v) is 14.4. The van der Waals surface area contributed by atoms with Gasteiger partial charge in [-0.1, -0.05) is 30.3 Å². The van der Waals surface area contributed by atoms with Crippen molar-refractivity contribution in [3.05, 3.63) is 51.4 Å². The van der Waals surface area contributed by atoms with Crippen molar-refractivity contribution in [1.29, 1.82) is 0 Å². The number of carboxylic acids is 1. The highest BCUT2D eigenvalue weighted by Crippen LogP contribution is 2.35. The van der Waals surface area contributed by atoms with Crippen LogP contribution in [0, 0.1) is 13.8 Å². The van der Waals surface area contributed by atoms with Gasteiger partial charge in [0.15, 0.2) is 0 Å². The van der Waals surface area contributed by atoms with Gasteiger partial charge in [0.2, 0.25) is 0 Å². The Kier molecular flexibility index (Phi) is 4.49. The number of hydrogen-bond donors (Lipinski definition) is 1. The summed E-state index contributed by atoms with van der Waals surface area (Å²) in [5.41, 5.74) is 1.84. The number of carbonyl (C=O) groups is 1. The maximum Gasteiger partial charge on any atom is 0.303 e. The number of aliphatic carboxylic acids is 1. The van der Waals surface area contributed by atoms with Crippen LogP contribution in [-0.2, 0) is 11.3 Å². The van der Waals surface area contributed by atoms with E-state index in [4.69, 9.17) is 5.11 Å². The van der Waals surface area contributed by atoms with Crippen molar-refractivity contribution in [2.45, 2.75) is 33.2 Å². The first-order valence-electron chi connectivity index (χ1n) is 7.76. The number of rotatable bonds is 5. The second kappa shape index (κ2) is 6.57. The Hall–Kier alpha value is -2.47. The van der Waals surface area contributed by atoms with E-state index in [0.717, 1.165) is 20.8 Å². The van der Waals surface area contributed by atoms with Crippen molar-refractivity contribution in [2.75, 3.05) is 0 Å². The average molecular weight is 342 g/mol. The lowest BCUT2D eigenvalue weighted by Gasteiger charge is -2.09. The van der Waals surface area contributed by atoms with Crippen molar-refractivity contribution < 1.29 is 9.90 Å². The third-order valence-electron chi connectivity index (χ3n) is 4.01. The van der Waals surface area contributed by atoms with Crippen LogP contribution in [-0.4, -0.2) is 20.6 Å². The predicted octanol–water partition coefficient (Wildman–Crippen LogP) is 3.61. The summed E-state index contributed by atoms with van der Waals surface area (Å²) in [4.78, 5) is 30.1. The van der Waals surface area contributed by atoms with Crippen LogP contribution in [0.15, 0.2) is 35.1 Å². The largest absolute Gasteiger partial charge is 0.481 e. The van der Waals surface area contributed by atoms with E-state index in [1.54, 1.807) is 11.5 Å². The predicted molar refractivity (Wildman–Crippen MR) is 95.7 cm³/mol. The minimum absolute atomic E-state index is 0.0398. The standard InChI is InChI=1S/C18H18N2O3S/c1-11-15(13-7-4-3-5-8-13)16-17(24-11)19-12(2)20(18(16)23)10-6-9-14(21)22/h3-5,7-8H,6,9-10H2,1-2H3,(H,21,22). The Balaban J connectivity index is 2.16. The van der Waals surface area contributed by atoms with Crippen molar-refractivity contribution in [3.63, 3.8) is 0 Å². The molecule has 3 rings (SSSR count). The monoisotopic (exact) mass is 342 g/mol. The Morgan fingerprint density at radius 1 is 1.25 bits per heavy atom. The molecule has 0 radical (unpaired) electrons. The zero-order valence-electron chi connectivity index (χ0n) is 13.6. The van der Waals surface area contributed by atoms with Crippen molar-refractivity contribution >= 4 is 27.5 Å². The molecule has 0 aliphatic heterocycles. The molecule has 0 saturated carbocycles. The molecule has 0 aliphatic carbocycles. The molecule has 5 nitrogen and oxygen atoms in total. The third-order valence-corrected chi connectivity index (χ3v) is 5.01. The Morgan fingerprint density at radius 3 is 2.62 bits per heavy atom. The molecule has 3 aromatic rings. The van der Waals surface area contributed by atoms with Gasteiger partial charge in [0.25, 0.3) is 5.56 Å². The van der Waals surface area contributed by atoms with E-state index in [-0.39, 0.29) is 12.0 Å². The summed E-state index contributed by atoms with van der Waals surface area (Å²) in [6, 6.07) is 9.82. The van der Waals surface area contributed by atoms with E-state index < -0.39 is 5.97 Å². The molecule has 0 amide bonds. The maximum atomic E-state index is 13.0. The fourth-order valence-electron chi connectivity index (χ4n) is 2.90. The number of fused-ring (bicyclic) bond motifs is 1. The molecule has 1 N–H and O–H groups in total. The summed E-state index contributed by atoms with van der Waals surface area (Å²) >= 11 is 1.52. The molecule has 0 fully saturated rings. The molecule has 6 heteroatoms. The van der Waals surface area contributed by atoms with E-state index in [0.29, 0.717) is 24.2 Å². The van der Waals surface area contributed by atoms with Crippen LogP contribution in [0.3, 0.4) is 0 Å². The van der Waals surface area contributed by atoms with Gasteiger partial charge in [0.05, 0.1) is 5.39 Å². The number of aryl methyl sites for hydroxylation is 2. The normalized spacial score (nSPS) is 11.1. The highest BCUT2D eigenvalue weighted by molar-refractivity contribution is 7.19. The van der Waals surface area contributed by atoms with Crippen molar-refractivity contribution in [2.24, 2.45) is 0 Å². The lowest BCUT2D eigenvalue weighted by Crippen LogP contribution is -2.24. The number of benzene rings is 1. The molecule has 0 spiro atoms. The van der Waals surface area contributed by atoms with Gasteiger partial charge in [-0.3, -0.25) is 14.2 Å². The molecule has 2 aromatic heterocycles. The van der Waals surface area contributed by atoms with Gasteiger partial charge in [0, 0.05) is 23.4 Å². The smallest absolute Gasteiger partial charge is 0.303 e. The van der Waals surface area contributed by atoms with Crippen LogP contribution >= 0.6 is 11.3 Å². The summed E-state index contributed by atoms with van der Waals surface area (Å²) in [5, 5.41) is 9.43. The summed E-state index contributed by atoms with van der Waals surface area (Å²) in [5.74, 6) is -0.232. The van der Waals surface area contributed by atoms with Gasteiger partial charge >= 0.3 is 5.97 Å². The van der Waals surface area contributed by atoms with Crippen molar-refractivity contribution in [1.82, 2.24) is 9.55 Å². The van der Waals surface area contributed by atoms with Crippen LogP contribution in [0.25, 0.3) is 21.3 Å². The summed E-state index contributed by atoms with van der Waals surface area (Å²) in [6.07, 6.45) is 0.450. The van der Waals surface area contributed by atoms with E-state index in [9.17, 15) is 9.59 Å². The van der Waals surface area contributed by atoms with Gasteiger partial charge in [0.1, 0.15) is 10.7 Å². The molecule has 0 saturated heterocycles. The molecule has 124 valence electrons. The minimum atomic E-state index is -0.855. The fraction of sp³-hybridized carbons (Fsp3) is 0.278. The number of hydrogen-bond acceptors (Lipinski definition) is 4. The maximum absolute atomic E-state index is 13.0. The SMILES string of the molecule is Cc1sc2nc(C)n(CCCC(=O)O)c(=O)c2c1-c1ccccc1. The number of carboxylic acid groups (broad SMARTS) is 1.